The lowest BCUT2D eigenvalue weighted by Crippen LogP contribution is -1.94. The molecule has 4 rings (SSSR count). The molecule has 2 heterocycles. The molecule has 4 nitrogen and oxygen atoms in total. The number of hydrogen-bond acceptors (Lipinski definition) is 3. The maximum absolute atomic E-state index is 5.66. The fourth-order valence-corrected chi connectivity index (χ4v) is 2.79. The van der Waals surface area contributed by atoms with Gasteiger partial charge in [-0.3, -0.25) is 4.40 Å². The van der Waals surface area contributed by atoms with Crippen molar-refractivity contribution in [3.8, 4) is 16.9 Å². The molecule has 108 valence electrons. The summed E-state index contributed by atoms with van der Waals surface area (Å²) in [5.74, 6) is 0.875. The molecule has 0 N–H and O–H groups in total. The lowest BCUT2D eigenvalue weighted by molar-refractivity contribution is 0.340. The van der Waals surface area contributed by atoms with E-state index in [-0.39, 0.29) is 0 Å². The van der Waals surface area contributed by atoms with E-state index in [1.54, 1.807) is 6.33 Å². The summed E-state index contributed by atoms with van der Waals surface area (Å²) in [6, 6.07) is 18.5. The van der Waals surface area contributed by atoms with Crippen molar-refractivity contribution in [2.75, 3.05) is 6.61 Å². The molecule has 4 aromatic rings. The van der Waals surface area contributed by atoms with Gasteiger partial charge in [-0.15, -0.1) is 10.2 Å². The summed E-state index contributed by atoms with van der Waals surface area (Å²) >= 11 is 0. The predicted molar refractivity (Wildman–Crippen MR) is 87.1 cm³/mol. The van der Waals surface area contributed by atoms with E-state index in [1.807, 2.05) is 35.6 Å². The fourth-order valence-electron chi connectivity index (χ4n) is 2.79. The van der Waals surface area contributed by atoms with Gasteiger partial charge in [-0.25, -0.2) is 0 Å². The summed E-state index contributed by atoms with van der Waals surface area (Å²) in [4.78, 5) is 0. The van der Waals surface area contributed by atoms with Crippen LogP contribution in [-0.2, 0) is 0 Å². The standard InChI is InChI=1S/C18H15N3O/c1-2-22-14-8-9-17-16(10-14)15(13-6-4-3-5-7-13)11-18-20-19-12-21(17)18/h3-12H,2H2,1H3. The Morgan fingerprint density at radius 1 is 1.05 bits per heavy atom. The number of fused-ring (bicyclic) bond motifs is 3. The Labute approximate surface area is 128 Å². The average molecular weight is 289 g/mol. The molecule has 0 radical (unpaired) electrons. The highest BCUT2D eigenvalue weighted by Gasteiger charge is 2.10. The van der Waals surface area contributed by atoms with Crippen molar-refractivity contribution in [1.29, 1.82) is 0 Å². The van der Waals surface area contributed by atoms with E-state index < -0.39 is 0 Å². The van der Waals surface area contributed by atoms with Gasteiger partial charge in [-0.2, -0.15) is 0 Å². The third-order valence-electron chi connectivity index (χ3n) is 3.76. The first-order chi connectivity index (χ1) is 10.9. The smallest absolute Gasteiger partial charge is 0.161 e. The van der Waals surface area contributed by atoms with Crippen molar-refractivity contribution in [2.45, 2.75) is 6.92 Å². The van der Waals surface area contributed by atoms with Crippen LogP contribution in [0.5, 0.6) is 5.75 Å². The Morgan fingerprint density at radius 2 is 1.91 bits per heavy atom. The van der Waals surface area contributed by atoms with Crippen molar-refractivity contribution in [1.82, 2.24) is 14.6 Å². The Kier molecular flexibility index (Phi) is 3.00. The molecule has 4 heteroatoms. The van der Waals surface area contributed by atoms with Crippen LogP contribution in [-0.4, -0.2) is 21.2 Å². The van der Waals surface area contributed by atoms with Gasteiger partial charge in [0, 0.05) is 5.39 Å². The third-order valence-corrected chi connectivity index (χ3v) is 3.76. The van der Waals surface area contributed by atoms with Crippen molar-refractivity contribution in [3.63, 3.8) is 0 Å². The van der Waals surface area contributed by atoms with Crippen LogP contribution in [0.25, 0.3) is 27.7 Å². The summed E-state index contributed by atoms with van der Waals surface area (Å²) in [6.07, 6.45) is 1.74. The van der Waals surface area contributed by atoms with Crippen molar-refractivity contribution in [3.05, 3.63) is 60.9 Å². The van der Waals surface area contributed by atoms with Crippen molar-refractivity contribution >= 4 is 16.6 Å². The topological polar surface area (TPSA) is 39.4 Å². The van der Waals surface area contributed by atoms with Gasteiger partial charge in [0.05, 0.1) is 12.1 Å². The zero-order valence-corrected chi connectivity index (χ0v) is 12.2. The zero-order chi connectivity index (χ0) is 14.9. The highest BCUT2D eigenvalue weighted by molar-refractivity contribution is 5.97. The number of ether oxygens (including phenoxy) is 1. The van der Waals surface area contributed by atoms with E-state index in [0.29, 0.717) is 6.61 Å². The molecular formula is C18H15N3O. The second-order valence-corrected chi connectivity index (χ2v) is 5.10. The quantitative estimate of drug-likeness (QED) is 0.573. The van der Waals surface area contributed by atoms with Gasteiger partial charge in [0.2, 0.25) is 0 Å². The van der Waals surface area contributed by atoms with Crippen LogP contribution < -0.4 is 4.74 Å². The summed E-state index contributed by atoms with van der Waals surface area (Å²) < 4.78 is 7.66. The number of nitrogens with zero attached hydrogens (tertiary/aromatic N) is 3. The van der Waals surface area contributed by atoms with Gasteiger partial charge >= 0.3 is 0 Å². The Hall–Kier alpha value is -2.88. The molecule has 0 atom stereocenters. The van der Waals surface area contributed by atoms with Crippen LogP contribution >= 0.6 is 0 Å². The number of aromatic nitrogens is 3. The Bertz CT molecular complexity index is 945. The lowest BCUT2D eigenvalue weighted by atomic mass is 10.0. The molecule has 0 bridgehead atoms. The fraction of sp³-hybridized carbons (Fsp3) is 0.111. The van der Waals surface area contributed by atoms with Crippen LogP contribution in [0, 0.1) is 0 Å². The molecule has 22 heavy (non-hydrogen) atoms. The molecule has 0 aliphatic carbocycles. The molecule has 2 aromatic heterocycles. The number of rotatable bonds is 3. The Balaban J connectivity index is 2.08. The van der Waals surface area contributed by atoms with Crippen molar-refractivity contribution < 1.29 is 4.74 Å². The van der Waals surface area contributed by atoms with E-state index in [2.05, 4.69) is 40.5 Å². The van der Waals surface area contributed by atoms with E-state index >= 15 is 0 Å². The van der Waals surface area contributed by atoms with Gasteiger partial charge < -0.3 is 4.74 Å². The largest absolute Gasteiger partial charge is 0.494 e. The Morgan fingerprint density at radius 3 is 2.73 bits per heavy atom. The monoisotopic (exact) mass is 289 g/mol. The number of benzene rings is 2. The molecule has 0 saturated heterocycles. The molecule has 0 fully saturated rings. The molecule has 0 aliphatic rings. The van der Waals surface area contributed by atoms with Crippen molar-refractivity contribution in [2.24, 2.45) is 0 Å². The first kappa shape index (κ1) is 12.8. The number of hydrogen-bond donors (Lipinski definition) is 0. The first-order valence-corrected chi connectivity index (χ1v) is 7.31. The van der Waals surface area contributed by atoms with Crippen LogP contribution in [0.2, 0.25) is 0 Å². The molecular weight excluding hydrogens is 274 g/mol. The molecule has 2 aromatic carbocycles. The van der Waals surface area contributed by atoms with E-state index in [9.17, 15) is 0 Å². The summed E-state index contributed by atoms with van der Waals surface area (Å²) in [5.41, 5.74) is 4.21. The SMILES string of the molecule is CCOc1ccc2c(c1)c(-c1ccccc1)cc1nncn12. The summed E-state index contributed by atoms with van der Waals surface area (Å²) in [7, 11) is 0. The summed E-state index contributed by atoms with van der Waals surface area (Å²) in [6.45, 7) is 2.65. The minimum absolute atomic E-state index is 0.654. The van der Waals surface area contributed by atoms with E-state index in [0.717, 1.165) is 33.4 Å². The maximum atomic E-state index is 5.66. The second-order valence-electron chi connectivity index (χ2n) is 5.10. The summed E-state index contributed by atoms with van der Waals surface area (Å²) in [5, 5.41) is 9.35. The van der Waals surface area contributed by atoms with E-state index in [4.69, 9.17) is 4.74 Å². The highest BCUT2D eigenvalue weighted by atomic mass is 16.5. The molecule has 0 aliphatic heterocycles. The van der Waals surface area contributed by atoms with Gasteiger partial charge in [0.15, 0.2) is 5.65 Å². The lowest BCUT2D eigenvalue weighted by Gasteiger charge is -2.11. The normalized spacial score (nSPS) is 11.1. The maximum Gasteiger partial charge on any atom is 0.161 e. The minimum Gasteiger partial charge on any atom is -0.494 e. The van der Waals surface area contributed by atoms with Crippen LogP contribution in [0.4, 0.5) is 0 Å². The highest BCUT2D eigenvalue weighted by Crippen LogP contribution is 2.32. The van der Waals surface area contributed by atoms with Gasteiger partial charge in [-0.1, -0.05) is 30.3 Å². The van der Waals surface area contributed by atoms with E-state index in [1.165, 1.54) is 0 Å². The van der Waals surface area contributed by atoms with Crippen LogP contribution in [0.1, 0.15) is 6.92 Å². The third kappa shape index (κ3) is 2.00. The second kappa shape index (κ2) is 5.15. The molecule has 0 unspecified atom stereocenters. The van der Waals surface area contributed by atoms with Crippen LogP contribution in [0.15, 0.2) is 60.9 Å². The van der Waals surface area contributed by atoms with Gasteiger partial charge in [-0.05, 0) is 42.3 Å². The predicted octanol–water partition coefficient (Wildman–Crippen LogP) is 3.95. The molecule has 0 spiro atoms. The van der Waals surface area contributed by atoms with Crippen LogP contribution in [0.3, 0.4) is 0 Å². The average Bonchev–Trinajstić information content (AvgIpc) is 3.04. The first-order valence-electron chi connectivity index (χ1n) is 7.31. The zero-order valence-electron chi connectivity index (χ0n) is 12.2. The number of pyridine rings is 1. The molecule has 0 saturated carbocycles. The van der Waals surface area contributed by atoms with Gasteiger partial charge in [0.1, 0.15) is 12.1 Å². The van der Waals surface area contributed by atoms with Gasteiger partial charge in [0.25, 0.3) is 0 Å². The minimum atomic E-state index is 0.654. The molecule has 0 amide bonds.